The molecule has 0 spiro atoms. The fourth-order valence-corrected chi connectivity index (χ4v) is 3.64. The van der Waals surface area contributed by atoms with Crippen molar-refractivity contribution in [2.75, 3.05) is 0 Å². The Morgan fingerprint density at radius 2 is 1.67 bits per heavy atom. The molecule has 1 aromatic heterocycles. The molecule has 15 heavy (non-hydrogen) atoms. The molecule has 0 saturated heterocycles. The highest BCUT2D eigenvalue weighted by Crippen LogP contribution is 2.16. The molecule has 1 aromatic carbocycles. The molecule has 78 valence electrons. The zero-order valence-corrected chi connectivity index (χ0v) is 10.6. The normalized spacial score (nSPS) is 11.5. The number of rotatable bonds is 2. The molecule has 2 aromatic rings. The summed E-state index contributed by atoms with van der Waals surface area (Å²) in [6.45, 7) is 0. The number of nitrogens with zero attached hydrogens (tertiary/aromatic N) is 1. The smallest absolute Gasteiger partial charge is 0.236 e. The number of benzene rings is 1. The maximum atomic E-state index is 12.1. The summed E-state index contributed by atoms with van der Waals surface area (Å²) in [6, 6.07) is 11.9. The number of aromatic nitrogens is 1. The molecule has 0 atom stereocenters. The third-order valence-electron chi connectivity index (χ3n) is 1.97. The Labute approximate surface area is 102 Å². The second-order valence-electron chi connectivity index (χ2n) is 2.94. The van der Waals surface area contributed by atoms with Crippen LogP contribution in [0.4, 0.5) is 0 Å². The molecule has 0 aliphatic carbocycles. The first-order chi connectivity index (χ1) is 7.12. The molecule has 5 heteroatoms. The van der Waals surface area contributed by atoms with Gasteiger partial charge in [-0.3, -0.25) is 0 Å². The molecular formula is C10H8INO2S. The van der Waals surface area contributed by atoms with E-state index in [1.807, 2.05) is 22.6 Å². The highest BCUT2D eigenvalue weighted by atomic mass is 127. The molecule has 1 heterocycles. The van der Waals surface area contributed by atoms with E-state index >= 15 is 0 Å². The van der Waals surface area contributed by atoms with Crippen molar-refractivity contribution in [3.05, 3.63) is 52.4 Å². The van der Waals surface area contributed by atoms with Crippen molar-refractivity contribution in [3.63, 3.8) is 0 Å². The van der Waals surface area contributed by atoms with Crippen molar-refractivity contribution in [1.29, 1.82) is 0 Å². The van der Waals surface area contributed by atoms with E-state index < -0.39 is 10.0 Å². The van der Waals surface area contributed by atoms with Crippen LogP contribution < -0.4 is 0 Å². The lowest BCUT2D eigenvalue weighted by atomic mass is 10.4. The van der Waals surface area contributed by atoms with Gasteiger partial charge in [-0.25, -0.2) is 12.4 Å². The topological polar surface area (TPSA) is 39.1 Å². The van der Waals surface area contributed by atoms with Crippen molar-refractivity contribution in [1.82, 2.24) is 3.97 Å². The van der Waals surface area contributed by atoms with E-state index in [2.05, 4.69) is 0 Å². The molecule has 0 aliphatic heterocycles. The van der Waals surface area contributed by atoms with Crippen LogP contribution >= 0.6 is 22.6 Å². The molecule has 3 nitrogen and oxygen atoms in total. The zero-order valence-electron chi connectivity index (χ0n) is 7.67. The minimum atomic E-state index is -3.42. The lowest BCUT2D eigenvalue weighted by Gasteiger charge is -2.06. The number of hydrogen-bond acceptors (Lipinski definition) is 2. The molecule has 0 amide bonds. The van der Waals surface area contributed by atoms with Crippen LogP contribution in [0.15, 0.2) is 53.6 Å². The van der Waals surface area contributed by atoms with E-state index in [1.165, 1.54) is 3.97 Å². The highest BCUT2D eigenvalue weighted by Gasteiger charge is 2.17. The SMILES string of the molecule is O=S(=O)(c1ccccc1)n1cccc1I. The second-order valence-corrected chi connectivity index (χ2v) is 5.87. The monoisotopic (exact) mass is 333 g/mol. The largest absolute Gasteiger partial charge is 0.268 e. The molecule has 0 radical (unpaired) electrons. The molecule has 0 N–H and O–H groups in total. The Bertz CT molecular complexity index is 560. The fraction of sp³-hybridized carbons (Fsp3) is 0. The van der Waals surface area contributed by atoms with Crippen molar-refractivity contribution in [3.8, 4) is 0 Å². The van der Waals surface area contributed by atoms with Gasteiger partial charge in [0.1, 0.15) is 0 Å². The van der Waals surface area contributed by atoms with E-state index in [9.17, 15) is 8.42 Å². The first kappa shape index (κ1) is 10.7. The molecule has 0 bridgehead atoms. The third-order valence-corrected chi connectivity index (χ3v) is 4.88. The van der Waals surface area contributed by atoms with Crippen LogP contribution in [0.5, 0.6) is 0 Å². The van der Waals surface area contributed by atoms with Gasteiger partial charge in [0.25, 0.3) is 10.0 Å². The summed E-state index contributed by atoms with van der Waals surface area (Å²) >= 11 is 1.99. The minimum Gasteiger partial charge on any atom is -0.236 e. The average molecular weight is 333 g/mol. The van der Waals surface area contributed by atoms with Gasteiger partial charge in [-0.1, -0.05) is 18.2 Å². The van der Waals surface area contributed by atoms with Crippen LogP contribution in [-0.2, 0) is 10.0 Å². The Morgan fingerprint density at radius 3 is 2.20 bits per heavy atom. The summed E-state index contributed by atoms with van der Waals surface area (Å²) in [5, 5.41) is 0. The maximum absolute atomic E-state index is 12.1. The van der Waals surface area contributed by atoms with E-state index in [0.29, 0.717) is 8.60 Å². The quantitative estimate of drug-likeness (QED) is 0.792. The van der Waals surface area contributed by atoms with Crippen LogP contribution in [0, 0.1) is 3.70 Å². The van der Waals surface area contributed by atoms with Gasteiger partial charge in [0.2, 0.25) is 0 Å². The summed E-state index contributed by atoms with van der Waals surface area (Å²) in [4.78, 5) is 0.305. The Kier molecular flexibility index (Phi) is 2.83. The van der Waals surface area contributed by atoms with Crippen LogP contribution in [0.3, 0.4) is 0 Å². The van der Waals surface area contributed by atoms with Crippen molar-refractivity contribution in [2.45, 2.75) is 4.90 Å². The van der Waals surface area contributed by atoms with Gasteiger partial charge < -0.3 is 0 Å². The summed E-state index contributed by atoms with van der Waals surface area (Å²) in [5.74, 6) is 0. The van der Waals surface area contributed by atoms with Gasteiger partial charge in [-0.2, -0.15) is 0 Å². The Hall–Kier alpha value is -0.820. The van der Waals surface area contributed by atoms with Gasteiger partial charge in [0.05, 0.1) is 8.60 Å². The summed E-state index contributed by atoms with van der Waals surface area (Å²) in [7, 11) is -3.42. The molecule has 0 fully saturated rings. The van der Waals surface area contributed by atoms with E-state index in [-0.39, 0.29) is 0 Å². The lowest BCUT2D eigenvalue weighted by molar-refractivity contribution is 0.586. The third kappa shape index (κ3) is 1.93. The van der Waals surface area contributed by atoms with E-state index in [0.717, 1.165) is 0 Å². The molecule has 0 aliphatic rings. The van der Waals surface area contributed by atoms with Crippen molar-refractivity contribution < 1.29 is 8.42 Å². The number of hydrogen-bond donors (Lipinski definition) is 0. The Morgan fingerprint density at radius 1 is 1.00 bits per heavy atom. The van der Waals surface area contributed by atoms with Gasteiger partial charge in [0, 0.05) is 6.20 Å². The molecule has 2 rings (SSSR count). The molecular weight excluding hydrogens is 325 g/mol. The zero-order chi connectivity index (χ0) is 10.9. The fourth-order valence-electron chi connectivity index (χ4n) is 1.25. The lowest BCUT2D eigenvalue weighted by Crippen LogP contribution is -2.13. The van der Waals surface area contributed by atoms with Crippen molar-refractivity contribution >= 4 is 32.6 Å². The standard InChI is InChI=1S/C10H8INO2S/c11-10-7-4-8-12(10)15(13,14)9-5-2-1-3-6-9/h1-8H. The van der Waals surface area contributed by atoms with Crippen LogP contribution in [-0.4, -0.2) is 12.4 Å². The predicted molar refractivity (Wildman–Crippen MR) is 66.2 cm³/mol. The van der Waals surface area contributed by atoms with Gasteiger partial charge in [0.15, 0.2) is 0 Å². The van der Waals surface area contributed by atoms with Crippen LogP contribution in [0.1, 0.15) is 0 Å². The van der Waals surface area contributed by atoms with Crippen molar-refractivity contribution in [2.24, 2.45) is 0 Å². The predicted octanol–water partition coefficient (Wildman–Crippen LogP) is 2.33. The molecule has 0 saturated carbocycles. The van der Waals surface area contributed by atoms with Gasteiger partial charge >= 0.3 is 0 Å². The first-order valence-electron chi connectivity index (χ1n) is 4.26. The summed E-state index contributed by atoms with van der Waals surface area (Å²) in [6.07, 6.45) is 1.55. The molecule has 0 unspecified atom stereocenters. The van der Waals surface area contributed by atoms with Crippen LogP contribution in [0.2, 0.25) is 0 Å². The summed E-state index contributed by atoms with van der Waals surface area (Å²) in [5.41, 5.74) is 0. The van der Waals surface area contributed by atoms with Gasteiger partial charge in [-0.05, 0) is 46.9 Å². The minimum absolute atomic E-state index is 0.305. The summed E-state index contributed by atoms with van der Waals surface area (Å²) < 4.78 is 26.1. The second kappa shape index (κ2) is 3.97. The highest BCUT2D eigenvalue weighted by molar-refractivity contribution is 14.1. The van der Waals surface area contributed by atoms with Crippen LogP contribution in [0.25, 0.3) is 0 Å². The van der Waals surface area contributed by atoms with E-state index in [1.54, 1.807) is 48.7 Å². The van der Waals surface area contributed by atoms with Gasteiger partial charge in [-0.15, -0.1) is 0 Å². The first-order valence-corrected chi connectivity index (χ1v) is 6.78. The maximum Gasteiger partial charge on any atom is 0.268 e. The Balaban J connectivity index is 2.60. The average Bonchev–Trinajstić information content (AvgIpc) is 2.66. The van der Waals surface area contributed by atoms with E-state index in [4.69, 9.17) is 0 Å². The number of halogens is 1.